The van der Waals surface area contributed by atoms with E-state index in [0.717, 1.165) is 38.0 Å². The molecule has 40 heavy (non-hydrogen) atoms. The summed E-state index contributed by atoms with van der Waals surface area (Å²) in [6.45, 7) is 4.71. The Morgan fingerprint density at radius 3 is 1.98 bits per heavy atom. The Hall–Kier alpha value is -1.99. The molecule has 0 aliphatic rings. The maximum absolute atomic E-state index is 11.7. The van der Waals surface area contributed by atoms with Gasteiger partial charge in [-0.3, -0.25) is 14.9 Å². The number of fused-ring (bicyclic) bond motifs is 1. The van der Waals surface area contributed by atoms with Gasteiger partial charge in [0, 0.05) is 25.2 Å². The van der Waals surface area contributed by atoms with Crippen molar-refractivity contribution in [3.05, 3.63) is 83.4 Å². The minimum atomic E-state index is -0.499. The van der Waals surface area contributed by atoms with Gasteiger partial charge in [-0.25, -0.2) is 5.48 Å². The Kier molecular flexibility index (Phi) is 14.4. The number of nitrogens with zero attached hydrogens (tertiary/aromatic N) is 1. The Morgan fingerprint density at radius 1 is 0.750 bits per heavy atom. The first-order valence-corrected chi connectivity index (χ1v) is 16.0. The summed E-state index contributed by atoms with van der Waals surface area (Å²) in [5.41, 5.74) is 4.53. The van der Waals surface area contributed by atoms with Gasteiger partial charge in [-0.05, 0) is 52.9 Å². The lowest BCUT2D eigenvalue weighted by atomic mass is 10.0. The highest BCUT2D eigenvalue weighted by Gasteiger charge is 2.21. The fourth-order valence-corrected chi connectivity index (χ4v) is 5.77. The predicted octanol–water partition coefficient (Wildman–Crippen LogP) is 9.22. The number of benzene rings is 3. The predicted molar refractivity (Wildman–Crippen MR) is 176 cm³/mol. The molecule has 6 heteroatoms. The summed E-state index contributed by atoms with van der Waals surface area (Å²) in [6.07, 6.45) is 15.2. The molecule has 0 saturated heterocycles. The number of carbonyl (C=O) groups excluding carboxylic acids is 1. The first-order chi connectivity index (χ1) is 19.4. The van der Waals surface area contributed by atoms with Crippen molar-refractivity contribution in [2.75, 3.05) is 6.54 Å². The van der Waals surface area contributed by atoms with Crippen LogP contribution in [0.25, 0.3) is 10.8 Å². The van der Waals surface area contributed by atoms with E-state index in [-0.39, 0.29) is 4.08 Å². The quantitative estimate of drug-likeness (QED) is 0.0376. The number of hydrogen-bond donors (Lipinski definition) is 4. The average molecular weight is 581 g/mol. The maximum Gasteiger partial charge on any atom is 0.274 e. The van der Waals surface area contributed by atoms with E-state index in [1.54, 1.807) is 17.6 Å². The van der Waals surface area contributed by atoms with Crippen LogP contribution in [0.4, 0.5) is 0 Å². The summed E-state index contributed by atoms with van der Waals surface area (Å²) >= 11 is 9.94. The summed E-state index contributed by atoms with van der Waals surface area (Å²) in [5.74, 6) is -0.499. The lowest BCUT2D eigenvalue weighted by Crippen LogP contribution is -2.28. The van der Waals surface area contributed by atoms with Crippen molar-refractivity contribution in [3.63, 3.8) is 0 Å². The number of rotatable bonds is 19. The van der Waals surface area contributed by atoms with Crippen LogP contribution in [0.5, 0.6) is 0 Å². The molecule has 3 aromatic rings. The Labute approximate surface area is 252 Å². The molecule has 0 radical (unpaired) electrons. The highest BCUT2D eigenvalue weighted by Crippen LogP contribution is 2.32. The summed E-state index contributed by atoms with van der Waals surface area (Å²) in [5, 5.41) is 11.4. The fraction of sp³-hybridized carbons (Fsp3) is 0.500. The molecular formula is C34H48N2O2S2. The normalized spacial score (nSPS) is 11.8. The van der Waals surface area contributed by atoms with Gasteiger partial charge in [0.25, 0.3) is 5.91 Å². The van der Waals surface area contributed by atoms with E-state index in [0.29, 0.717) is 5.56 Å². The Balaban J connectivity index is 1.53. The minimum Gasteiger partial charge on any atom is -0.295 e. The van der Waals surface area contributed by atoms with E-state index < -0.39 is 5.91 Å². The van der Waals surface area contributed by atoms with Gasteiger partial charge in [0.1, 0.15) is 0 Å². The van der Waals surface area contributed by atoms with Crippen molar-refractivity contribution in [1.82, 2.24) is 10.4 Å². The fourth-order valence-electron chi connectivity index (χ4n) is 5.25. The van der Waals surface area contributed by atoms with Gasteiger partial charge in [0.05, 0.1) is 4.08 Å². The van der Waals surface area contributed by atoms with E-state index in [1.807, 2.05) is 12.1 Å². The molecule has 0 bridgehead atoms. The van der Waals surface area contributed by atoms with Gasteiger partial charge >= 0.3 is 0 Å². The van der Waals surface area contributed by atoms with Crippen molar-refractivity contribution in [2.45, 2.75) is 101 Å². The molecule has 1 amide bonds. The van der Waals surface area contributed by atoms with Crippen molar-refractivity contribution in [2.24, 2.45) is 0 Å². The monoisotopic (exact) mass is 580 g/mol. The third-order valence-electron chi connectivity index (χ3n) is 7.70. The van der Waals surface area contributed by atoms with Crippen LogP contribution in [0.3, 0.4) is 0 Å². The number of thiol groups is 2. The van der Waals surface area contributed by atoms with E-state index in [4.69, 9.17) is 30.5 Å². The standard InChI is InChI=1S/C34H48N2O2S2/c1-2-3-4-5-6-7-8-9-10-13-22-34(39,40)23-24-36(26-28-16-20-31(21-17-28)33(37)35-38)27-29-18-19-30-14-11-12-15-32(30)25-29/h11-12,14-21,25,38-40H,2-10,13,22-24,26-27H2,1H3,(H,35,37). The average Bonchev–Trinajstić information content (AvgIpc) is 2.97. The van der Waals surface area contributed by atoms with Crippen molar-refractivity contribution in [1.29, 1.82) is 0 Å². The number of amides is 1. The zero-order valence-corrected chi connectivity index (χ0v) is 25.9. The second-order valence-corrected chi connectivity index (χ2v) is 13.3. The first kappa shape index (κ1) is 32.5. The number of hydroxylamine groups is 1. The van der Waals surface area contributed by atoms with E-state index in [9.17, 15) is 4.79 Å². The van der Waals surface area contributed by atoms with Crippen LogP contribution in [-0.2, 0) is 13.1 Å². The molecule has 0 saturated carbocycles. The second-order valence-electron chi connectivity index (χ2n) is 11.2. The second kappa shape index (κ2) is 17.7. The summed E-state index contributed by atoms with van der Waals surface area (Å²) in [7, 11) is 0. The van der Waals surface area contributed by atoms with Crippen LogP contribution in [0, 0.1) is 0 Å². The molecule has 0 aromatic heterocycles. The van der Waals surface area contributed by atoms with Gasteiger partial charge in [-0.2, -0.15) is 25.3 Å². The number of unbranched alkanes of at least 4 members (excludes halogenated alkanes) is 9. The number of carbonyl (C=O) groups is 1. The van der Waals surface area contributed by atoms with Crippen molar-refractivity contribution >= 4 is 41.9 Å². The molecule has 0 unspecified atom stereocenters. The zero-order valence-electron chi connectivity index (χ0n) is 24.2. The molecule has 0 spiro atoms. The first-order valence-electron chi connectivity index (χ1n) is 15.1. The molecule has 0 aliphatic heterocycles. The lowest BCUT2D eigenvalue weighted by Gasteiger charge is -2.29. The number of hydrogen-bond acceptors (Lipinski definition) is 5. The molecule has 0 fully saturated rings. The van der Waals surface area contributed by atoms with Gasteiger partial charge in [0.15, 0.2) is 0 Å². The molecule has 2 N–H and O–H groups in total. The summed E-state index contributed by atoms with van der Waals surface area (Å²) < 4.78 is -0.301. The molecule has 0 atom stereocenters. The highest BCUT2D eigenvalue weighted by atomic mass is 32.2. The molecule has 0 heterocycles. The van der Waals surface area contributed by atoms with E-state index in [1.165, 1.54) is 80.5 Å². The molecule has 3 rings (SSSR count). The van der Waals surface area contributed by atoms with Crippen LogP contribution in [0.15, 0.2) is 66.7 Å². The van der Waals surface area contributed by atoms with Gasteiger partial charge in [-0.15, -0.1) is 0 Å². The largest absolute Gasteiger partial charge is 0.295 e. The highest BCUT2D eigenvalue weighted by molar-refractivity contribution is 8.00. The van der Waals surface area contributed by atoms with Crippen LogP contribution in [0.1, 0.15) is 105 Å². The third-order valence-corrected chi connectivity index (χ3v) is 8.60. The lowest BCUT2D eigenvalue weighted by molar-refractivity contribution is 0.0706. The Morgan fingerprint density at radius 2 is 1.32 bits per heavy atom. The number of nitrogens with one attached hydrogen (secondary N) is 1. The van der Waals surface area contributed by atoms with Gasteiger partial charge in [0.2, 0.25) is 0 Å². The van der Waals surface area contributed by atoms with Crippen molar-refractivity contribution in [3.8, 4) is 0 Å². The minimum absolute atomic E-state index is 0.301. The van der Waals surface area contributed by atoms with E-state index in [2.05, 4.69) is 54.3 Å². The summed E-state index contributed by atoms with van der Waals surface area (Å²) in [6, 6.07) is 22.5. The molecule has 218 valence electrons. The molecule has 4 nitrogen and oxygen atoms in total. The van der Waals surface area contributed by atoms with Crippen LogP contribution in [-0.4, -0.2) is 26.6 Å². The van der Waals surface area contributed by atoms with Crippen LogP contribution < -0.4 is 5.48 Å². The van der Waals surface area contributed by atoms with E-state index >= 15 is 0 Å². The van der Waals surface area contributed by atoms with Crippen molar-refractivity contribution < 1.29 is 10.0 Å². The van der Waals surface area contributed by atoms with Gasteiger partial charge in [-0.1, -0.05) is 120 Å². The zero-order chi connectivity index (χ0) is 28.6. The topological polar surface area (TPSA) is 52.6 Å². The third kappa shape index (κ3) is 11.9. The van der Waals surface area contributed by atoms with Crippen LogP contribution in [0.2, 0.25) is 0 Å². The van der Waals surface area contributed by atoms with Gasteiger partial charge < -0.3 is 0 Å². The van der Waals surface area contributed by atoms with Crippen LogP contribution >= 0.6 is 25.3 Å². The molecular weight excluding hydrogens is 533 g/mol. The maximum atomic E-state index is 11.7. The molecule has 3 aromatic carbocycles. The summed E-state index contributed by atoms with van der Waals surface area (Å²) in [4.78, 5) is 14.2. The Bertz CT molecular complexity index is 1150. The SMILES string of the molecule is CCCCCCCCCCCCC(S)(S)CCN(Cc1ccc(C(=O)NO)cc1)Cc1ccc2ccccc2c1. The smallest absolute Gasteiger partial charge is 0.274 e. The molecule has 0 aliphatic carbocycles.